The molecule has 0 unspecified atom stereocenters. The van der Waals surface area contributed by atoms with Crippen LogP contribution in [0.25, 0.3) is 0 Å². The van der Waals surface area contributed by atoms with E-state index < -0.39 is 6.09 Å². The minimum atomic E-state index is -1.00. The van der Waals surface area contributed by atoms with Crippen LogP contribution in [0.2, 0.25) is 0 Å². The van der Waals surface area contributed by atoms with E-state index in [0.29, 0.717) is 11.6 Å². The molecule has 0 saturated carbocycles. The van der Waals surface area contributed by atoms with Gasteiger partial charge in [-0.1, -0.05) is 19.1 Å². The van der Waals surface area contributed by atoms with Gasteiger partial charge in [0.15, 0.2) is 0 Å². The molecule has 1 heterocycles. The Labute approximate surface area is 114 Å². The maximum Gasteiger partial charge on any atom is 0.409 e. The Bertz CT molecular complexity index is 426. The van der Waals surface area contributed by atoms with Crippen LogP contribution in [0.5, 0.6) is 0 Å². The number of hydrogen-bond acceptors (Lipinski definition) is 2. The maximum atomic E-state index is 10.7. The number of nitrogens with one attached hydrogen (secondary N) is 1. The van der Waals surface area contributed by atoms with Gasteiger partial charge in [0.05, 0.1) is 0 Å². The Morgan fingerprint density at radius 2 is 2.16 bits per heavy atom. The number of hydrogen-bond donors (Lipinski definition) is 2. The summed E-state index contributed by atoms with van der Waals surface area (Å²) in [6.07, 6.45) is 2.53. The topological polar surface area (TPSA) is 52.6 Å². The van der Waals surface area contributed by atoms with Gasteiger partial charge < -0.3 is 10.0 Å². The van der Waals surface area contributed by atoms with Crippen LogP contribution in [0.3, 0.4) is 0 Å². The third-order valence-corrected chi connectivity index (χ3v) is 3.74. The first kappa shape index (κ1) is 13.9. The van der Waals surface area contributed by atoms with Gasteiger partial charge in [0.1, 0.15) is 0 Å². The number of likely N-dealkylation sites (tertiary alicyclic amines) is 1. The molecule has 4 nitrogen and oxygen atoms in total. The number of piperidine rings is 1. The fraction of sp³-hybridized carbons (Fsp3) is 0.533. The highest BCUT2D eigenvalue weighted by atomic mass is 16.4. The van der Waals surface area contributed by atoms with Crippen LogP contribution in [-0.4, -0.2) is 35.7 Å². The van der Waals surface area contributed by atoms with E-state index in [1.807, 2.05) is 12.1 Å². The predicted octanol–water partition coefficient (Wildman–Crippen LogP) is 3.37. The minimum absolute atomic E-state index is 0.559. The van der Waals surface area contributed by atoms with Crippen LogP contribution in [0.1, 0.15) is 37.7 Å². The number of anilines is 1. The molecule has 2 rings (SSSR count). The molecule has 1 fully saturated rings. The van der Waals surface area contributed by atoms with Crippen LogP contribution in [-0.2, 0) is 0 Å². The van der Waals surface area contributed by atoms with Gasteiger partial charge >= 0.3 is 6.09 Å². The molecular formula is C15H22N2O2. The average Bonchev–Trinajstić information content (AvgIpc) is 2.39. The Morgan fingerprint density at radius 1 is 1.42 bits per heavy atom. The normalized spacial score (nSPS) is 17.3. The lowest BCUT2D eigenvalue weighted by Gasteiger charge is -2.32. The summed E-state index contributed by atoms with van der Waals surface area (Å²) in [6, 6.07) is 7.80. The van der Waals surface area contributed by atoms with E-state index in [-0.39, 0.29) is 0 Å². The highest BCUT2D eigenvalue weighted by Gasteiger charge is 2.20. The standard InChI is InChI=1S/C15H22N2O2/c1-2-8-17-9-6-12(7-10-17)13-4-3-5-14(11-13)16-15(18)19/h3-5,11-12,16H,2,6-10H2,1H3,(H,18,19). The first-order valence-electron chi connectivity index (χ1n) is 7.01. The van der Waals surface area contributed by atoms with Crippen molar-refractivity contribution < 1.29 is 9.90 Å². The molecule has 0 bridgehead atoms. The molecule has 1 saturated heterocycles. The zero-order valence-electron chi connectivity index (χ0n) is 11.4. The van der Waals surface area contributed by atoms with Crippen molar-refractivity contribution in [3.8, 4) is 0 Å². The largest absolute Gasteiger partial charge is 0.465 e. The molecule has 0 radical (unpaired) electrons. The number of carbonyl (C=O) groups is 1. The zero-order chi connectivity index (χ0) is 13.7. The van der Waals surface area contributed by atoms with Crippen LogP contribution in [0.15, 0.2) is 24.3 Å². The van der Waals surface area contributed by atoms with E-state index in [4.69, 9.17) is 5.11 Å². The van der Waals surface area contributed by atoms with Crippen molar-refractivity contribution in [2.45, 2.75) is 32.1 Å². The minimum Gasteiger partial charge on any atom is -0.465 e. The second-order valence-electron chi connectivity index (χ2n) is 5.17. The summed E-state index contributed by atoms with van der Waals surface area (Å²) in [6.45, 7) is 5.70. The van der Waals surface area contributed by atoms with Crippen molar-refractivity contribution in [3.05, 3.63) is 29.8 Å². The molecular weight excluding hydrogens is 240 g/mol. The van der Waals surface area contributed by atoms with Gasteiger partial charge in [-0.3, -0.25) is 5.32 Å². The van der Waals surface area contributed by atoms with Gasteiger partial charge in [-0.05, 0) is 62.5 Å². The molecule has 1 aromatic rings. The molecule has 1 aliphatic heterocycles. The van der Waals surface area contributed by atoms with E-state index in [1.165, 1.54) is 18.5 Å². The Balaban J connectivity index is 1.97. The summed E-state index contributed by atoms with van der Waals surface area (Å²) in [5, 5.41) is 11.2. The molecule has 0 atom stereocenters. The highest BCUT2D eigenvalue weighted by molar-refractivity contribution is 5.82. The molecule has 1 amide bonds. The van der Waals surface area contributed by atoms with Gasteiger partial charge in [0.2, 0.25) is 0 Å². The Morgan fingerprint density at radius 3 is 2.79 bits per heavy atom. The molecule has 0 spiro atoms. The van der Waals surface area contributed by atoms with Crippen molar-refractivity contribution >= 4 is 11.8 Å². The summed E-state index contributed by atoms with van der Waals surface area (Å²) in [5.41, 5.74) is 1.92. The summed E-state index contributed by atoms with van der Waals surface area (Å²) in [4.78, 5) is 13.2. The van der Waals surface area contributed by atoms with E-state index in [0.717, 1.165) is 25.9 Å². The average molecular weight is 262 g/mol. The quantitative estimate of drug-likeness (QED) is 0.874. The zero-order valence-corrected chi connectivity index (χ0v) is 11.4. The fourth-order valence-electron chi connectivity index (χ4n) is 2.80. The Hall–Kier alpha value is -1.55. The Kier molecular flexibility index (Phi) is 4.80. The SMILES string of the molecule is CCCN1CCC(c2cccc(NC(=O)O)c2)CC1. The first-order chi connectivity index (χ1) is 9.19. The number of benzene rings is 1. The summed E-state index contributed by atoms with van der Waals surface area (Å²) in [7, 11) is 0. The predicted molar refractivity (Wildman–Crippen MR) is 76.8 cm³/mol. The van der Waals surface area contributed by atoms with Gasteiger partial charge in [0, 0.05) is 5.69 Å². The summed E-state index contributed by atoms with van der Waals surface area (Å²) < 4.78 is 0. The number of carboxylic acid groups (broad SMARTS) is 1. The van der Waals surface area contributed by atoms with E-state index >= 15 is 0 Å². The third-order valence-electron chi connectivity index (χ3n) is 3.74. The van der Waals surface area contributed by atoms with Crippen molar-refractivity contribution in [1.82, 2.24) is 4.90 Å². The second kappa shape index (κ2) is 6.57. The van der Waals surface area contributed by atoms with Gasteiger partial charge in [-0.15, -0.1) is 0 Å². The smallest absolute Gasteiger partial charge is 0.409 e. The van der Waals surface area contributed by atoms with E-state index in [9.17, 15) is 4.79 Å². The van der Waals surface area contributed by atoms with Gasteiger partial charge in [-0.2, -0.15) is 0 Å². The molecule has 1 aliphatic rings. The molecule has 0 aromatic heterocycles. The molecule has 104 valence electrons. The molecule has 1 aromatic carbocycles. The lowest BCUT2D eigenvalue weighted by molar-refractivity contribution is 0.209. The number of rotatable bonds is 4. The van der Waals surface area contributed by atoms with Crippen LogP contribution in [0.4, 0.5) is 10.5 Å². The number of amides is 1. The monoisotopic (exact) mass is 262 g/mol. The fourth-order valence-corrected chi connectivity index (χ4v) is 2.80. The van der Waals surface area contributed by atoms with Crippen LogP contribution in [0, 0.1) is 0 Å². The third kappa shape index (κ3) is 3.96. The molecule has 4 heteroatoms. The lowest BCUT2D eigenvalue weighted by atomic mass is 9.89. The number of nitrogens with zero attached hydrogens (tertiary/aromatic N) is 1. The van der Waals surface area contributed by atoms with Crippen molar-refractivity contribution in [3.63, 3.8) is 0 Å². The van der Waals surface area contributed by atoms with E-state index in [2.05, 4.69) is 23.2 Å². The van der Waals surface area contributed by atoms with Crippen molar-refractivity contribution in [2.24, 2.45) is 0 Å². The second-order valence-corrected chi connectivity index (χ2v) is 5.17. The van der Waals surface area contributed by atoms with Gasteiger partial charge in [0.25, 0.3) is 0 Å². The molecule has 19 heavy (non-hydrogen) atoms. The van der Waals surface area contributed by atoms with Crippen LogP contribution >= 0.6 is 0 Å². The van der Waals surface area contributed by atoms with E-state index in [1.54, 1.807) is 6.07 Å². The van der Waals surface area contributed by atoms with Gasteiger partial charge in [-0.25, -0.2) is 4.79 Å². The van der Waals surface area contributed by atoms with Crippen LogP contribution < -0.4 is 5.32 Å². The molecule has 0 aliphatic carbocycles. The van der Waals surface area contributed by atoms with Crippen molar-refractivity contribution in [1.29, 1.82) is 0 Å². The maximum absolute atomic E-state index is 10.7. The van der Waals surface area contributed by atoms with Crippen molar-refractivity contribution in [2.75, 3.05) is 25.0 Å². The lowest BCUT2D eigenvalue weighted by Crippen LogP contribution is -2.33. The molecule has 2 N–H and O–H groups in total. The summed E-state index contributed by atoms with van der Waals surface area (Å²) >= 11 is 0. The highest BCUT2D eigenvalue weighted by Crippen LogP contribution is 2.29. The summed E-state index contributed by atoms with van der Waals surface area (Å²) in [5.74, 6) is 0.559. The first-order valence-corrected chi connectivity index (χ1v) is 7.01.